The van der Waals surface area contributed by atoms with Gasteiger partial charge in [-0.15, -0.1) is 11.3 Å². The van der Waals surface area contributed by atoms with E-state index in [0.717, 1.165) is 10.2 Å². The number of carboxylic acids is 1. The maximum atomic E-state index is 11.4. The van der Waals surface area contributed by atoms with Crippen LogP contribution >= 0.6 is 34.5 Å². The molecule has 0 saturated carbocycles. The zero-order chi connectivity index (χ0) is 19.7. The average molecular weight is 430 g/mol. The van der Waals surface area contributed by atoms with E-state index in [-0.39, 0.29) is 6.42 Å². The molecule has 0 aliphatic rings. The molecule has 4 nitrogen and oxygen atoms in total. The van der Waals surface area contributed by atoms with Crippen LogP contribution in [-0.4, -0.2) is 16.1 Å². The van der Waals surface area contributed by atoms with E-state index in [1.165, 1.54) is 11.3 Å². The predicted molar refractivity (Wildman–Crippen MR) is 114 cm³/mol. The van der Waals surface area contributed by atoms with Crippen molar-refractivity contribution in [3.05, 3.63) is 75.4 Å². The fraction of sp³-hybridized carbons (Fsp3) is 0.0476. The summed E-state index contributed by atoms with van der Waals surface area (Å²) in [5.74, 6) is 0.134. The van der Waals surface area contributed by atoms with Gasteiger partial charge < -0.3 is 9.52 Å². The van der Waals surface area contributed by atoms with Gasteiger partial charge in [-0.1, -0.05) is 41.4 Å². The van der Waals surface area contributed by atoms with Gasteiger partial charge >= 0.3 is 5.97 Å². The summed E-state index contributed by atoms with van der Waals surface area (Å²) in [5, 5.41) is 10.8. The quantitative estimate of drug-likeness (QED) is 0.375. The van der Waals surface area contributed by atoms with Gasteiger partial charge in [-0.05, 0) is 42.5 Å². The maximum Gasteiger partial charge on any atom is 0.307 e. The highest BCUT2D eigenvalue weighted by Crippen LogP contribution is 2.36. The second-order valence-corrected chi connectivity index (χ2v) is 7.85. The Kier molecular flexibility index (Phi) is 5.22. The molecule has 4 aromatic rings. The van der Waals surface area contributed by atoms with Crippen molar-refractivity contribution in [2.24, 2.45) is 0 Å². The molecule has 0 bridgehead atoms. The molecule has 2 aromatic carbocycles. The Balaban J connectivity index is 1.74. The number of carboxylic acid groups (broad SMARTS) is 1. The Hall–Kier alpha value is -2.60. The first-order chi connectivity index (χ1) is 13.5. The van der Waals surface area contributed by atoms with Crippen molar-refractivity contribution in [2.45, 2.75) is 6.42 Å². The van der Waals surface area contributed by atoms with Crippen molar-refractivity contribution in [3.63, 3.8) is 0 Å². The van der Waals surface area contributed by atoms with Gasteiger partial charge in [-0.25, -0.2) is 4.98 Å². The number of furan rings is 1. The molecule has 1 N–H and O–H groups in total. The highest BCUT2D eigenvalue weighted by atomic mass is 35.5. The zero-order valence-electron chi connectivity index (χ0n) is 14.4. The number of fused-ring (bicyclic) bond motifs is 1. The van der Waals surface area contributed by atoms with E-state index in [9.17, 15) is 9.90 Å². The lowest BCUT2D eigenvalue weighted by atomic mass is 10.1. The third-order valence-corrected chi connectivity index (χ3v) is 6.00. The fourth-order valence-corrected chi connectivity index (χ4v) is 4.17. The Labute approximate surface area is 174 Å². The maximum absolute atomic E-state index is 11.4. The Bertz CT molecular complexity index is 1180. The van der Waals surface area contributed by atoms with E-state index in [2.05, 4.69) is 4.98 Å². The molecule has 0 unspecified atom stereocenters. The summed E-state index contributed by atoms with van der Waals surface area (Å²) in [6.45, 7) is 0. The number of benzene rings is 2. The molecule has 140 valence electrons. The van der Waals surface area contributed by atoms with E-state index >= 15 is 0 Å². The first kappa shape index (κ1) is 18.7. The highest BCUT2D eigenvalue weighted by molar-refractivity contribution is 7.19. The molecule has 0 spiro atoms. The van der Waals surface area contributed by atoms with Crippen LogP contribution in [0.5, 0.6) is 0 Å². The monoisotopic (exact) mass is 429 g/mol. The van der Waals surface area contributed by atoms with E-state index in [1.807, 2.05) is 30.3 Å². The molecule has 2 heterocycles. The van der Waals surface area contributed by atoms with Gasteiger partial charge in [0.1, 0.15) is 16.5 Å². The number of rotatable bonds is 5. The molecule has 4 rings (SSSR count). The van der Waals surface area contributed by atoms with Gasteiger partial charge in [-0.3, -0.25) is 4.79 Å². The van der Waals surface area contributed by atoms with Crippen molar-refractivity contribution in [1.82, 2.24) is 4.98 Å². The largest absolute Gasteiger partial charge is 0.481 e. The number of halogens is 2. The summed E-state index contributed by atoms with van der Waals surface area (Å²) in [7, 11) is 0. The van der Waals surface area contributed by atoms with Crippen molar-refractivity contribution in [2.75, 3.05) is 0 Å². The standard InChI is InChI=1S/C21H13Cl2NO3S/c22-15-5-3-4-14(20(15)23)17-9-8-13(27-17)10-12(11-19(25)26)21-24-16-6-1-2-7-18(16)28-21/h1-10H,11H2,(H,25,26). The van der Waals surface area contributed by atoms with Gasteiger partial charge in [0, 0.05) is 11.1 Å². The van der Waals surface area contributed by atoms with Crippen molar-refractivity contribution < 1.29 is 14.3 Å². The smallest absolute Gasteiger partial charge is 0.307 e. The lowest BCUT2D eigenvalue weighted by molar-refractivity contribution is -0.135. The van der Waals surface area contributed by atoms with Crippen LogP contribution in [0.4, 0.5) is 0 Å². The van der Waals surface area contributed by atoms with Crippen LogP contribution < -0.4 is 0 Å². The number of para-hydroxylation sites is 1. The molecule has 7 heteroatoms. The minimum Gasteiger partial charge on any atom is -0.481 e. The lowest BCUT2D eigenvalue weighted by Gasteiger charge is -2.02. The molecule has 0 atom stereocenters. The minimum absolute atomic E-state index is 0.159. The van der Waals surface area contributed by atoms with Crippen molar-refractivity contribution in [3.8, 4) is 11.3 Å². The number of aliphatic carboxylic acids is 1. The Morgan fingerprint density at radius 1 is 1.11 bits per heavy atom. The molecule has 2 aromatic heterocycles. The van der Waals surface area contributed by atoms with Gasteiger partial charge in [0.25, 0.3) is 0 Å². The normalized spacial score (nSPS) is 11.9. The van der Waals surface area contributed by atoms with Crippen LogP contribution in [0.1, 0.15) is 17.2 Å². The van der Waals surface area contributed by atoms with E-state index in [4.69, 9.17) is 27.6 Å². The van der Waals surface area contributed by atoms with E-state index in [0.29, 0.717) is 37.7 Å². The molecule has 0 aliphatic heterocycles. The van der Waals surface area contributed by atoms with Crippen molar-refractivity contribution in [1.29, 1.82) is 0 Å². The number of hydrogen-bond acceptors (Lipinski definition) is 4. The zero-order valence-corrected chi connectivity index (χ0v) is 16.7. The summed E-state index contributed by atoms with van der Waals surface area (Å²) in [5.41, 5.74) is 2.09. The molecule has 0 saturated heterocycles. The van der Waals surface area contributed by atoms with E-state index in [1.54, 1.807) is 30.3 Å². The molecule has 28 heavy (non-hydrogen) atoms. The van der Waals surface area contributed by atoms with E-state index < -0.39 is 5.97 Å². The van der Waals surface area contributed by atoms with Gasteiger partial charge in [0.05, 0.1) is 26.7 Å². The SMILES string of the molecule is O=C(O)CC(=Cc1ccc(-c2cccc(Cl)c2Cl)o1)c1nc2ccccc2s1. The predicted octanol–water partition coefficient (Wildman–Crippen LogP) is 6.88. The Morgan fingerprint density at radius 3 is 2.71 bits per heavy atom. The topological polar surface area (TPSA) is 63.3 Å². The second kappa shape index (κ2) is 7.80. The third kappa shape index (κ3) is 3.83. The molecule has 0 radical (unpaired) electrons. The number of hydrogen-bond donors (Lipinski definition) is 1. The lowest BCUT2D eigenvalue weighted by Crippen LogP contribution is -1.96. The third-order valence-electron chi connectivity index (χ3n) is 4.07. The number of aromatic nitrogens is 1. The first-order valence-electron chi connectivity index (χ1n) is 8.34. The molecular weight excluding hydrogens is 417 g/mol. The number of thiazole rings is 1. The molecule has 0 fully saturated rings. The van der Waals surface area contributed by atoms with Gasteiger partial charge in [-0.2, -0.15) is 0 Å². The summed E-state index contributed by atoms with van der Waals surface area (Å²) >= 11 is 13.8. The van der Waals surface area contributed by atoms with Crippen LogP contribution in [0.3, 0.4) is 0 Å². The van der Waals surface area contributed by atoms with Crippen LogP contribution in [0, 0.1) is 0 Å². The van der Waals surface area contributed by atoms with Crippen LogP contribution in [-0.2, 0) is 4.79 Å². The van der Waals surface area contributed by atoms with Crippen LogP contribution in [0.15, 0.2) is 59.0 Å². The fourth-order valence-electron chi connectivity index (χ4n) is 2.80. The minimum atomic E-state index is -0.935. The summed E-state index contributed by atoms with van der Waals surface area (Å²) in [6.07, 6.45) is 1.54. The Morgan fingerprint density at radius 2 is 1.93 bits per heavy atom. The van der Waals surface area contributed by atoms with Crippen LogP contribution in [0.2, 0.25) is 10.0 Å². The molecule has 0 amide bonds. The summed E-state index contributed by atoms with van der Waals surface area (Å²) < 4.78 is 6.88. The summed E-state index contributed by atoms with van der Waals surface area (Å²) in [4.78, 5) is 15.9. The van der Waals surface area contributed by atoms with Crippen LogP contribution in [0.25, 0.3) is 33.2 Å². The van der Waals surface area contributed by atoms with Gasteiger partial charge in [0.2, 0.25) is 0 Å². The number of carbonyl (C=O) groups is 1. The molecule has 0 aliphatic carbocycles. The second-order valence-electron chi connectivity index (χ2n) is 6.03. The van der Waals surface area contributed by atoms with Gasteiger partial charge in [0.15, 0.2) is 0 Å². The van der Waals surface area contributed by atoms with Crippen molar-refractivity contribution >= 4 is 62.4 Å². The highest BCUT2D eigenvalue weighted by Gasteiger charge is 2.15. The molecular formula is C21H13Cl2NO3S. The summed E-state index contributed by atoms with van der Waals surface area (Å²) in [6, 6.07) is 16.5. The average Bonchev–Trinajstić information content (AvgIpc) is 3.30. The first-order valence-corrected chi connectivity index (χ1v) is 9.91. The number of nitrogens with zero attached hydrogens (tertiary/aromatic N) is 1.